The summed E-state index contributed by atoms with van der Waals surface area (Å²) in [6, 6.07) is 0. The van der Waals surface area contributed by atoms with Gasteiger partial charge in [-0.3, -0.25) is 9.69 Å². The van der Waals surface area contributed by atoms with E-state index in [-0.39, 0.29) is 11.4 Å². The molecule has 19 heavy (non-hydrogen) atoms. The minimum absolute atomic E-state index is 0.135. The van der Waals surface area contributed by atoms with Crippen molar-refractivity contribution in [3.8, 4) is 0 Å². The van der Waals surface area contributed by atoms with Gasteiger partial charge < -0.3 is 11.1 Å². The van der Waals surface area contributed by atoms with Crippen molar-refractivity contribution in [3.63, 3.8) is 0 Å². The van der Waals surface area contributed by atoms with Crippen LogP contribution in [0.5, 0.6) is 0 Å². The lowest BCUT2D eigenvalue weighted by Crippen LogP contribution is -2.47. The lowest BCUT2D eigenvalue weighted by molar-refractivity contribution is -0.122. The number of carbonyl (C=O) groups excluding carboxylic acids is 1. The predicted octanol–water partition coefficient (Wildman–Crippen LogP) is 1.20. The largest absolute Gasteiger partial charge is 0.355 e. The summed E-state index contributed by atoms with van der Waals surface area (Å²) < 4.78 is 0. The highest BCUT2D eigenvalue weighted by Crippen LogP contribution is 2.28. The summed E-state index contributed by atoms with van der Waals surface area (Å²) in [5, 5.41) is 3.04. The topological polar surface area (TPSA) is 58.4 Å². The molecule has 0 aromatic rings. The Hall–Kier alpha value is -0.260. The van der Waals surface area contributed by atoms with Gasteiger partial charge in [-0.05, 0) is 12.8 Å². The van der Waals surface area contributed by atoms with Gasteiger partial charge in [-0.2, -0.15) is 11.8 Å². The third-order valence-electron chi connectivity index (χ3n) is 4.22. The Bertz CT molecular complexity index is 286. The lowest BCUT2D eigenvalue weighted by Gasteiger charge is -2.33. The van der Waals surface area contributed by atoms with Crippen LogP contribution in [0.3, 0.4) is 0 Å². The Balaban J connectivity index is 1.61. The van der Waals surface area contributed by atoms with E-state index in [4.69, 9.17) is 5.73 Å². The molecule has 0 aromatic carbocycles. The Kier molecular flexibility index (Phi) is 5.98. The molecule has 3 N–H and O–H groups in total. The lowest BCUT2D eigenvalue weighted by atomic mass is 9.80. The molecule has 5 heteroatoms. The molecule has 0 bridgehead atoms. The second kappa shape index (κ2) is 7.50. The van der Waals surface area contributed by atoms with Gasteiger partial charge >= 0.3 is 0 Å². The second-order valence-corrected chi connectivity index (χ2v) is 7.13. The maximum Gasteiger partial charge on any atom is 0.221 e. The molecule has 0 unspecified atom stereocenters. The van der Waals surface area contributed by atoms with Crippen LogP contribution in [0.1, 0.15) is 38.5 Å². The summed E-state index contributed by atoms with van der Waals surface area (Å²) in [6.07, 6.45) is 6.13. The van der Waals surface area contributed by atoms with Crippen molar-refractivity contribution in [1.82, 2.24) is 10.2 Å². The smallest absolute Gasteiger partial charge is 0.221 e. The van der Waals surface area contributed by atoms with Gasteiger partial charge in [-0.25, -0.2) is 0 Å². The fourth-order valence-corrected chi connectivity index (χ4v) is 3.97. The summed E-state index contributed by atoms with van der Waals surface area (Å²) in [7, 11) is 0. The van der Waals surface area contributed by atoms with Crippen molar-refractivity contribution in [1.29, 1.82) is 0 Å². The first-order valence-electron chi connectivity index (χ1n) is 7.54. The SMILES string of the molecule is NC1(CC(=O)NCCN2CCSCC2)CCCCC1. The molecule has 1 amide bonds. The minimum Gasteiger partial charge on any atom is -0.355 e. The zero-order chi connectivity index (χ0) is 13.6. The maximum atomic E-state index is 11.9. The van der Waals surface area contributed by atoms with E-state index < -0.39 is 0 Å². The molecule has 1 saturated carbocycles. The van der Waals surface area contributed by atoms with Crippen LogP contribution in [0.4, 0.5) is 0 Å². The molecule has 0 aromatic heterocycles. The molecule has 4 nitrogen and oxygen atoms in total. The van der Waals surface area contributed by atoms with Gasteiger partial charge in [-0.15, -0.1) is 0 Å². The molecule has 1 aliphatic heterocycles. The third kappa shape index (κ3) is 5.32. The van der Waals surface area contributed by atoms with Gasteiger partial charge in [0.1, 0.15) is 0 Å². The predicted molar refractivity (Wildman–Crippen MR) is 81.4 cm³/mol. The van der Waals surface area contributed by atoms with Gasteiger partial charge in [0, 0.05) is 49.6 Å². The Morgan fingerprint density at radius 2 is 1.89 bits per heavy atom. The average molecular weight is 285 g/mol. The Labute approximate surface area is 120 Å². The first-order chi connectivity index (χ1) is 9.18. The zero-order valence-electron chi connectivity index (χ0n) is 11.8. The summed E-state index contributed by atoms with van der Waals surface area (Å²) in [4.78, 5) is 14.4. The number of hydrogen-bond acceptors (Lipinski definition) is 4. The van der Waals surface area contributed by atoms with E-state index in [2.05, 4.69) is 10.2 Å². The number of hydrogen-bond donors (Lipinski definition) is 2. The number of nitrogens with zero attached hydrogens (tertiary/aromatic N) is 1. The van der Waals surface area contributed by atoms with Crippen LogP contribution >= 0.6 is 11.8 Å². The van der Waals surface area contributed by atoms with E-state index in [0.29, 0.717) is 6.42 Å². The monoisotopic (exact) mass is 285 g/mol. The summed E-state index contributed by atoms with van der Waals surface area (Å²) in [5.74, 6) is 2.58. The Morgan fingerprint density at radius 3 is 2.58 bits per heavy atom. The molecule has 0 spiro atoms. The number of amides is 1. The molecule has 1 aliphatic carbocycles. The normalized spacial score (nSPS) is 24.1. The highest BCUT2D eigenvalue weighted by atomic mass is 32.2. The maximum absolute atomic E-state index is 11.9. The highest BCUT2D eigenvalue weighted by molar-refractivity contribution is 7.99. The Morgan fingerprint density at radius 1 is 1.21 bits per heavy atom. The molecule has 2 fully saturated rings. The molecule has 2 aliphatic rings. The minimum atomic E-state index is -0.232. The van der Waals surface area contributed by atoms with Crippen LogP contribution in [0.2, 0.25) is 0 Å². The zero-order valence-corrected chi connectivity index (χ0v) is 12.6. The molecule has 1 saturated heterocycles. The third-order valence-corrected chi connectivity index (χ3v) is 5.16. The van der Waals surface area contributed by atoms with Gasteiger partial charge in [-0.1, -0.05) is 19.3 Å². The number of nitrogens with two attached hydrogens (primary N) is 1. The number of rotatable bonds is 5. The summed E-state index contributed by atoms with van der Waals surface area (Å²) in [5.41, 5.74) is 6.07. The van der Waals surface area contributed by atoms with Crippen LogP contribution in [0.15, 0.2) is 0 Å². The van der Waals surface area contributed by atoms with Gasteiger partial charge in [0.25, 0.3) is 0 Å². The molecular formula is C14H27N3OS. The first-order valence-corrected chi connectivity index (χ1v) is 8.69. The summed E-state index contributed by atoms with van der Waals surface area (Å²) >= 11 is 2.02. The van der Waals surface area contributed by atoms with E-state index >= 15 is 0 Å². The number of carbonyl (C=O) groups is 1. The van der Waals surface area contributed by atoms with Gasteiger partial charge in [0.05, 0.1) is 0 Å². The highest BCUT2D eigenvalue weighted by Gasteiger charge is 2.29. The van der Waals surface area contributed by atoms with Crippen molar-refractivity contribution in [2.45, 2.75) is 44.1 Å². The molecule has 0 radical (unpaired) electrons. The van der Waals surface area contributed by atoms with Crippen molar-refractivity contribution in [2.24, 2.45) is 5.73 Å². The van der Waals surface area contributed by atoms with Crippen LogP contribution in [-0.4, -0.2) is 54.0 Å². The van der Waals surface area contributed by atoms with E-state index in [1.165, 1.54) is 30.8 Å². The molecule has 110 valence electrons. The van der Waals surface area contributed by atoms with Crippen LogP contribution in [0.25, 0.3) is 0 Å². The molecule has 2 rings (SSSR count). The van der Waals surface area contributed by atoms with E-state index in [9.17, 15) is 4.79 Å². The van der Waals surface area contributed by atoms with E-state index in [0.717, 1.165) is 39.0 Å². The fourth-order valence-electron chi connectivity index (χ4n) is 2.99. The van der Waals surface area contributed by atoms with Crippen molar-refractivity contribution in [2.75, 3.05) is 37.7 Å². The van der Waals surface area contributed by atoms with Gasteiger partial charge in [0.2, 0.25) is 5.91 Å². The second-order valence-electron chi connectivity index (χ2n) is 5.90. The molecular weight excluding hydrogens is 258 g/mol. The fraction of sp³-hybridized carbons (Fsp3) is 0.929. The first kappa shape index (κ1) is 15.1. The molecule has 0 atom stereocenters. The van der Waals surface area contributed by atoms with Crippen molar-refractivity contribution in [3.05, 3.63) is 0 Å². The molecule has 1 heterocycles. The van der Waals surface area contributed by atoms with Gasteiger partial charge in [0.15, 0.2) is 0 Å². The van der Waals surface area contributed by atoms with Crippen molar-refractivity contribution < 1.29 is 4.79 Å². The number of thioether (sulfide) groups is 1. The summed E-state index contributed by atoms with van der Waals surface area (Å²) in [6.45, 7) is 4.05. The quantitative estimate of drug-likeness (QED) is 0.797. The number of nitrogens with one attached hydrogen (secondary N) is 1. The van der Waals surface area contributed by atoms with E-state index in [1.807, 2.05) is 11.8 Å². The average Bonchev–Trinajstić information content (AvgIpc) is 2.40. The van der Waals surface area contributed by atoms with E-state index in [1.54, 1.807) is 0 Å². The van der Waals surface area contributed by atoms with Crippen LogP contribution < -0.4 is 11.1 Å². The standard InChI is InChI=1S/C14H27N3OS/c15-14(4-2-1-3-5-14)12-13(18)16-6-7-17-8-10-19-11-9-17/h1-12,15H2,(H,16,18). The van der Waals surface area contributed by atoms with Crippen molar-refractivity contribution >= 4 is 17.7 Å². The van der Waals surface area contributed by atoms with Crippen LogP contribution in [-0.2, 0) is 4.79 Å². The van der Waals surface area contributed by atoms with Crippen LogP contribution in [0, 0.1) is 0 Å².